The summed E-state index contributed by atoms with van der Waals surface area (Å²) in [5.74, 6) is -0.828. The number of benzene rings is 1. The minimum absolute atomic E-state index is 0.0360. The third kappa shape index (κ3) is 3.34. The Labute approximate surface area is 110 Å². The third-order valence-corrected chi connectivity index (χ3v) is 2.65. The van der Waals surface area contributed by atoms with Crippen molar-refractivity contribution < 1.29 is 22.7 Å². The van der Waals surface area contributed by atoms with Gasteiger partial charge in [0.2, 0.25) is 0 Å². The Kier molecular flexibility index (Phi) is 4.40. The van der Waals surface area contributed by atoms with Crippen LogP contribution in [0.3, 0.4) is 0 Å². The van der Waals surface area contributed by atoms with Crippen LogP contribution in [0.1, 0.15) is 29.8 Å². The van der Waals surface area contributed by atoms with Crippen molar-refractivity contribution in [2.75, 3.05) is 6.61 Å². The van der Waals surface area contributed by atoms with E-state index in [9.17, 15) is 18.0 Å². The van der Waals surface area contributed by atoms with E-state index in [0.29, 0.717) is 3.57 Å². The first-order valence-corrected chi connectivity index (χ1v) is 5.89. The highest BCUT2D eigenvalue weighted by Gasteiger charge is 2.36. The molecule has 17 heavy (non-hydrogen) atoms. The molecule has 1 aromatic carbocycles. The number of hydrogen-bond acceptors (Lipinski definition) is 2. The summed E-state index contributed by atoms with van der Waals surface area (Å²) in [5.41, 5.74) is -0.942. The first-order chi connectivity index (χ1) is 7.77. The molecule has 0 amide bonds. The molecule has 0 aromatic heterocycles. The third-order valence-electron chi connectivity index (χ3n) is 2.03. The molecule has 0 bridgehead atoms. The Morgan fingerprint density at radius 3 is 2.41 bits per heavy atom. The SMILES string of the molecule is CCOc1c(C(C)=O)cc(I)cc1C(F)(F)F. The molecule has 0 saturated carbocycles. The van der Waals surface area contributed by atoms with Gasteiger partial charge in [0.25, 0.3) is 0 Å². The van der Waals surface area contributed by atoms with Crippen molar-refractivity contribution in [3.63, 3.8) is 0 Å². The predicted molar refractivity (Wildman–Crippen MR) is 65.3 cm³/mol. The maximum atomic E-state index is 12.8. The second-order valence-corrected chi connectivity index (χ2v) is 4.56. The number of alkyl halides is 3. The van der Waals surface area contributed by atoms with E-state index in [2.05, 4.69) is 0 Å². The molecule has 0 aliphatic carbocycles. The Balaban J connectivity index is 3.51. The maximum absolute atomic E-state index is 12.8. The van der Waals surface area contributed by atoms with Gasteiger partial charge in [0.15, 0.2) is 5.78 Å². The quantitative estimate of drug-likeness (QED) is 0.605. The lowest BCUT2D eigenvalue weighted by Crippen LogP contribution is -2.12. The molecule has 0 fully saturated rings. The molecular weight excluding hydrogens is 348 g/mol. The van der Waals surface area contributed by atoms with E-state index in [-0.39, 0.29) is 17.9 Å². The summed E-state index contributed by atoms with van der Waals surface area (Å²) < 4.78 is 43.7. The van der Waals surface area contributed by atoms with E-state index in [4.69, 9.17) is 4.74 Å². The van der Waals surface area contributed by atoms with Crippen LogP contribution >= 0.6 is 22.6 Å². The number of ketones is 1. The summed E-state index contributed by atoms with van der Waals surface area (Å²) in [6.07, 6.45) is -4.53. The molecule has 6 heteroatoms. The number of carbonyl (C=O) groups excluding carboxylic acids is 1. The Morgan fingerprint density at radius 1 is 1.41 bits per heavy atom. The van der Waals surface area contributed by atoms with Crippen LogP contribution < -0.4 is 4.74 Å². The zero-order chi connectivity index (χ0) is 13.2. The van der Waals surface area contributed by atoms with Crippen molar-refractivity contribution in [3.8, 4) is 5.75 Å². The summed E-state index contributed by atoms with van der Waals surface area (Å²) in [7, 11) is 0. The van der Waals surface area contributed by atoms with Crippen LogP contribution in [-0.4, -0.2) is 12.4 Å². The highest BCUT2D eigenvalue weighted by Crippen LogP contribution is 2.39. The first-order valence-electron chi connectivity index (χ1n) is 4.81. The van der Waals surface area contributed by atoms with Crippen molar-refractivity contribution in [1.29, 1.82) is 0 Å². The van der Waals surface area contributed by atoms with E-state index < -0.39 is 17.5 Å². The molecule has 0 radical (unpaired) electrons. The number of rotatable bonds is 3. The molecule has 0 N–H and O–H groups in total. The van der Waals surface area contributed by atoms with E-state index in [1.807, 2.05) is 0 Å². The van der Waals surface area contributed by atoms with Crippen LogP contribution in [0.5, 0.6) is 5.75 Å². The predicted octanol–water partition coefficient (Wildman–Crippen LogP) is 3.91. The summed E-state index contributed by atoms with van der Waals surface area (Å²) >= 11 is 1.74. The molecule has 94 valence electrons. The van der Waals surface area contributed by atoms with E-state index >= 15 is 0 Å². The van der Waals surface area contributed by atoms with Crippen molar-refractivity contribution in [2.45, 2.75) is 20.0 Å². The minimum atomic E-state index is -4.53. The van der Waals surface area contributed by atoms with Gasteiger partial charge >= 0.3 is 6.18 Å². The van der Waals surface area contributed by atoms with Gasteiger partial charge in [-0.05, 0) is 48.6 Å². The van der Waals surface area contributed by atoms with Crippen molar-refractivity contribution >= 4 is 28.4 Å². The molecule has 0 atom stereocenters. The highest BCUT2D eigenvalue weighted by atomic mass is 127. The molecule has 0 unspecified atom stereocenters. The summed E-state index contributed by atoms with van der Waals surface area (Å²) in [6.45, 7) is 2.86. The highest BCUT2D eigenvalue weighted by molar-refractivity contribution is 14.1. The maximum Gasteiger partial charge on any atom is 0.420 e. The van der Waals surface area contributed by atoms with Crippen LogP contribution in [0.2, 0.25) is 0 Å². The Bertz CT molecular complexity index is 441. The van der Waals surface area contributed by atoms with E-state index in [0.717, 1.165) is 6.07 Å². The van der Waals surface area contributed by atoms with Crippen molar-refractivity contribution in [1.82, 2.24) is 0 Å². The molecule has 0 aliphatic rings. The van der Waals surface area contributed by atoms with E-state index in [1.54, 1.807) is 29.5 Å². The van der Waals surface area contributed by atoms with Crippen LogP contribution in [0.25, 0.3) is 0 Å². The molecule has 0 aliphatic heterocycles. The fourth-order valence-corrected chi connectivity index (χ4v) is 1.99. The zero-order valence-electron chi connectivity index (χ0n) is 9.19. The molecule has 1 rings (SSSR count). The summed E-state index contributed by atoms with van der Waals surface area (Å²) in [6, 6.07) is 2.36. The van der Waals surface area contributed by atoms with Gasteiger partial charge < -0.3 is 4.74 Å². The van der Waals surface area contributed by atoms with Gasteiger partial charge in [-0.15, -0.1) is 0 Å². The number of carbonyl (C=O) groups is 1. The smallest absolute Gasteiger partial charge is 0.420 e. The number of Topliss-reactive ketones (excluding diaryl/α,β-unsaturated/α-hetero) is 1. The lowest BCUT2D eigenvalue weighted by Gasteiger charge is -2.16. The lowest BCUT2D eigenvalue weighted by molar-refractivity contribution is -0.139. The molecule has 0 spiro atoms. The van der Waals surface area contributed by atoms with Crippen LogP contribution in [0, 0.1) is 3.57 Å². The van der Waals surface area contributed by atoms with Gasteiger partial charge in [0.1, 0.15) is 5.75 Å². The van der Waals surface area contributed by atoms with Gasteiger partial charge in [0.05, 0.1) is 17.7 Å². The van der Waals surface area contributed by atoms with Gasteiger partial charge in [-0.3, -0.25) is 4.79 Å². The first kappa shape index (κ1) is 14.3. The number of ether oxygens (including phenoxy) is 1. The van der Waals surface area contributed by atoms with Crippen molar-refractivity contribution in [2.24, 2.45) is 0 Å². The van der Waals surface area contributed by atoms with Gasteiger partial charge in [0, 0.05) is 3.57 Å². The monoisotopic (exact) mass is 358 g/mol. The molecule has 0 saturated heterocycles. The lowest BCUT2D eigenvalue weighted by atomic mass is 10.1. The van der Waals surface area contributed by atoms with Gasteiger partial charge in [-0.2, -0.15) is 13.2 Å². The van der Waals surface area contributed by atoms with Gasteiger partial charge in [-0.1, -0.05) is 0 Å². The second-order valence-electron chi connectivity index (χ2n) is 3.32. The average molecular weight is 358 g/mol. The van der Waals surface area contributed by atoms with Crippen LogP contribution in [0.4, 0.5) is 13.2 Å². The van der Waals surface area contributed by atoms with Crippen molar-refractivity contribution in [3.05, 3.63) is 26.8 Å². The van der Waals surface area contributed by atoms with Crippen LogP contribution in [0.15, 0.2) is 12.1 Å². The fourth-order valence-electron chi connectivity index (χ4n) is 1.37. The van der Waals surface area contributed by atoms with Crippen LogP contribution in [-0.2, 0) is 6.18 Å². The molecular formula is C11H10F3IO2. The largest absolute Gasteiger partial charge is 0.492 e. The fraction of sp³-hybridized carbons (Fsp3) is 0.364. The molecule has 0 heterocycles. The normalized spacial score (nSPS) is 11.4. The Morgan fingerprint density at radius 2 is 2.00 bits per heavy atom. The Hall–Kier alpha value is -0.790. The number of hydrogen-bond donors (Lipinski definition) is 0. The zero-order valence-corrected chi connectivity index (χ0v) is 11.3. The molecule has 2 nitrogen and oxygen atoms in total. The second kappa shape index (κ2) is 5.24. The average Bonchev–Trinajstić information content (AvgIpc) is 2.18. The minimum Gasteiger partial charge on any atom is -0.492 e. The summed E-state index contributed by atoms with van der Waals surface area (Å²) in [4.78, 5) is 11.3. The summed E-state index contributed by atoms with van der Waals surface area (Å²) in [5, 5.41) is 0. The van der Waals surface area contributed by atoms with E-state index in [1.165, 1.54) is 13.0 Å². The standard InChI is InChI=1S/C11H10F3IO2/c1-3-17-10-8(6(2)16)4-7(15)5-9(10)11(12,13)14/h4-5H,3H2,1-2H3. The molecule has 1 aromatic rings. The number of halogens is 4. The topological polar surface area (TPSA) is 26.3 Å². The van der Waals surface area contributed by atoms with Gasteiger partial charge in [-0.25, -0.2) is 0 Å².